The Morgan fingerprint density at radius 2 is 2.00 bits per heavy atom. The molecule has 0 fully saturated rings. The molecule has 0 spiro atoms. The van der Waals surface area contributed by atoms with Gasteiger partial charge in [-0.3, -0.25) is 4.72 Å². The topological polar surface area (TPSA) is 73.2 Å². The second kappa shape index (κ2) is 6.43. The molecule has 1 aromatic heterocycles. The van der Waals surface area contributed by atoms with Gasteiger partial charge in [0, 0.05) is 6.54 Å². The van der Waals surface area contributed by atoms with Gasteiger partial charge >= 0.3 is 0 Å². The van der Waals surface area contributed by atoms with E-state index in [4.69, 9.17) is 4.74 Å². The SMILES string of the molecule is CCn1ncc(S(=O)(=O)Nc2cc(C(C)(C)C)ccc2OC)c1F. The number of aryl methyl sites for hydroxylation is 1. The van der Waals surface area contributed by atoms with Crippen LogP contribution in [0.5, 0.6) is 5.75 Å². The third-order valence-corrected chi connectivity index (χ3v) is 4.98. The number of sulfonamides is 1. The lowest BCUT2D eigenvalue weighted by Gasteiger charge is -2.21. The van der Waals surface area contributed by atoms with Crippen molar-refractivity contribution in [3.63, 3.8) is 0 Å². The first-order valence-electron chi connectivity index (χ1n) is 7.52. The Bertz CT molecular complexity index is 839. The van der Waals surface area contributed by atoms with Gasteiger partial charge in [0.25, 0.3) is 10.0 Å². The van der Waals surface area contributed by atoms with Crippen molar-refractivity contribution in [3.05, 3.63) is 35.9 Å². The van der Waals surface area contributed by atoms with Crippen molar-refractivity contribution in [1.82, 2.24) is 9.78 Å². The molecule has 2 aromatic rings. The maximum absolute atomic E-state index is 14.1. The molecule has 0 bridgehead atoms. The summed E-state index contributed by atoms with van der Waals surface area (Å²) in [4.78, 5) is -0.493. The van der Waals surface area contributed by atoms with E-state index < -0.39 is 20.9 Å². The first-order valence-corrected chi connectivity index (χ1v) is 9.01. The summed E-state index contributed by atoms with van der Waals surface area (Å²) in [5, 5.41) is 3.73. The van der Waals surface area contributed by atoms with Crippen molar-refractivity contribution >= 4 is 15.7 Å². The van der Waals surface area contributed by atoms with E-state index in [1.165, 1.54) is 7.11 Å². The Labute approximate surface area is 141 Å². The van der Waals surface area contributed by atoms with E-state index in [0.29, 0.717) is 5.75 Å². The van der Waals surface area contributed by atoms with Gasteiger partial charge in [0.1, 0.15) is 5.75 Å². The highest BCUT2D eigenvalue weighted by atomic mass is 32.2. The van der Waals surface area contributed by atoms with Crippen molar-refractivity contribution in [3.8, 4) is 5.75 Å². The van der Waals surface area contributed by atoms with Crippen LogP contribution in [0.3, 0.4) is 0 Å². The quantitative estimate of drug-likeness (QED) is 0.894. The van der Waals surface area contributed by atoms with E-state index in [2.05, 4.69) is 9.82 Å². The first-order chi connectivity index (χ1) is 11.1. The maximum atomic E-state index is 14.1. The molecule has 24 heavy (non-hydrogen) atoms. The molecule has 6 nitrogen and oxygen atoms in total. The normalized spacial score (nSPS) is 12.2. The molecule has 1 heterocycles. The Morgan fingerprint density at radius 3 is 2.50 bits per heavy atom. The Morgan fingerprint density at radius 1 is 1.33 bits per heavy atom. The summed E-state index contributed by atoms with van der Waals surface area (Å²) in [5.41, 5.74) is 1.00. The second-order valence-electron chi connectivity index (χ2n) is 6.39. The van der Waals surface area contributed by atoms with Gasteiger partial charge in [-0.25, -0.2) is 13.1 Å². The average molecular weight is 355 g/mol. The number of nitrogens with one attached hydrogen (secondary N) is 1. The zero-order valence-electron chi connectivity index (χ0n) is 14.4. The van der Waals surface area contributed by atoms with Crippen molar-refractivity contribution < 1.29 is 17.5 Å². The van der Waals surface area contributed by atoms with Gasteiger partial charge in [-0.15, -0.1) is 0 Å². The van der Waals surface area contributed by atoms with Crippen LogP contribution in [0, 0.1) is 5.95 Å². The van der Waals surface area contributed by atoms with Gasteiger partial charge in [-0.1, -0.05) is 26.8 Å². The van der Waals surface area contributed by atoms with Crippen LogP contribution in [-0.2, 0) is 22.0 Å². The fourth-order valence-electron chi connectivity index (χ4n) is 2.21. The molecular formula is C16H22FN3O3S. The summed E-state index contributed by atoms with van der Waals surface area (Å²) < 4.78 is 47.8. The zero-order valence-corrected chi connectivity index (χ0v) is 15.2. The summed E-state index contributed by atoms with van der Waals surface area (Å²) in [6, 6.07) is 5.25. The molecular weight excluding hydrogens is 333 g/mol. The third-order valence-electron chi connectivity index (χ3n) is 3.64. The van der Waals surface area contributed by atoms with Crippen molar-refractivity contribution in [1.29, 1.82) is 0 Å². The molecule has 0 radical (unpaired) electrons. The van der Waals surface area contributed by atoms with Crippen LogP contribution in [0.2, 0.25) is 0 Å². The number of rotatable bonds is 5. The average Bonchev–Trinajstić information content (AvgIpc) is 2.87. The van der Waals surface area contributed by atoms with E-state index >= 15 is 0 Å². The molecule has 2 rings (SSSR count). The van der Waals surface area contributed by atoms with Crippen LogP contribution >= 0.6 is 0 Å². The van der Waals surface area contributed by atoms with Crippen LogP contribution in [0.4, 0.5) is 10.1 Å². The lowest BCUT2D eigenvalue weighted by molar-refractivity contribution is 0.416. The molecule has 0 unspecified atom stereocenters. The summed E-state index contributed by atoms with van der Waals surface area (Å²) in [5.74, 6) is -0.536. The molecule has 8 heteroatoms. The molecule has 0 atom stereocenters. The number of ether oxygens (including phenoxy) is 1. The molecule has 0 aliphatic rings. The number of anilines is 1. The Balaban J connectivity index is 2.47. The Kier molecular flexibility index (Phi) is 4.89. The van der Waals surface area contributed by atoms with Crippen LogP contribution < -0.4 is 9.46 Å². The number of methoxy groups -OCH3 is 1. The number of hydrogen-bond donors (Lipinski definition) is 1. The van der Waals surface area contributed by atoms with E-state index in [0.717, 1.165) is 16.4 Å². The molecule has 0 saturated heterocycles. The van der Waals surface area contributed by atoms with E-state index in [1.807, 2.05) is 26.8 Å². The third kappa shape index (κ3) is 3.53. The predicted octanol–water partition coefficient (Wildman–Crippen LogP) is 3.15. The van der Waals surface area contributed by atoms with Gasteiger partial charge in [0.15, 0.2) is 4.90 Å². The monoisotopic (exact) mass is 355 g/mol. The minimum atomic E-state index is -4.12. The molecule has 0 aliphatic heterocycles. The van der Waals surface area contributed by atoms with Crippen molar-refractivity contribution in [2.75, 3.05) is 11.8 Å². The van der Waals surface area contributed by atoms with Gasteiger partial charge < -0.3 is 4.74 Å². The van der Waals surface area contributed by atoms with E-state index in [1.54, 1.807) is 19.1 Å². The fraction of sp³-hybridized carbons (Fsp3) is 0.438. The predicted molar refractivity (Wildman–Crippen MR) is 90.4 cm³/mol. The summed E-state index contributed by atoms with van der Waals surface area (Å²) in [7, 11) is -2.67. The van der Waals surface area contributed by atoms with Crippen LogP contribution in [-0.4, -0.2) is 25.3 Å². The number of aromatic nitrogens is 2. The minimum Gasteiger partial charge on any atom is -0.495 e. The van der Waals surface area contributed by atoms with Crippen LogP contribution in [0.15, 0.2) is 29.3 Å². The van der Waals surface area contributed by atoms with Crippen molar-refractivity contribution in [2.24, 2.45) is 0 Å². The van der Waals surface area contributed by atoms with Crippen LogP contribution in [0.25, 0.3) is 0 Å². The van der Waals surface area contributed by atoms with Crippen LogP contribution in [0.1, 0.15) is 33.3 Å². The van der Waals surface area contributed by atoms with Crippen molar-refractivity contribution in [2.45, 2.75) is 44.6 Å². The highest BCUT2D eigenvalue weighted by molar-refractivity contribution is 7.92. The lowest BCUT2D eigenvalue weighted by Crippen LogP contribution is -2.17. The smallest absolute Gasteiger partial charge is 0.268 e. The molecule has 0 aliphatic carbocycles. The molecule has 1 N–H and O–H groups in total. The molecule has 132 valence electrons. The lowest BCUT2D eigenvalue weighted by atomic mass is 9.87. The first kappa shape index (κ1) is 18.3. The number of halogens is 1. The Hall–Kier alpha value is -2.09. The molecule has 0 amide bonds. The maximum Gasteiger partial charge on any atom is 0.268 e. The summed E-state index contributed by atoms with van der Waals surface area (Å²) in [6.45, 7) is 7.95. The highest BCUT2D eigenvalue weighted by Crippen LogP contribution is 2.33. The highest BCUT2D eigenvalue weighted by Gasteiger charge is 2.25. The van der Waals surface area contributed by atoms with Gasteiger partial charge in [-0.05, 0) is 30.0 Å². The van der Waals surface area contributed by atoms with Gasteiger partial charge in [-0.2, -0.15) is 9.49 Å². The number of hydrogen-bond acceptors (Lipinski definition) is 4. The van der Waals surface area contributed by atoms with Gasteiger partial charge in [0.2, 0.25) is 5.95 Å². The minimum absolute atomic E-state index is 0.176. The second-order valence-corrected chi connectivity index (χ2v) is 8.04. The molecule has 1 aromatic carbocycles. The number of nitrogens with zero attached hydrogens (tertiary/aromatic N) is 2. The summed E-state index contributed by atoms with van der Waals surface area (Å²) in [6.07, 6.45) is 1.00. The standard InChI is InChI=1S/C16H22FN3O3S/c1-6-20-15(17)14(10-18-20)24(21,22)19-12-9-11(16(2,3)4)7-8-13(12)23-5/h7-10,19H,6H2,1-5H3. The molecule has 0 saturated carbocycles. The largest absolute Gasteiger partial charge is 0.495 e. The number of benzene rings is 1. The zero-order chi connectivity index (χ0) is 18.1. The van der Waals surface area contributed by atoms with E-state index in [-0.39, 0.29) is 17.6 Å². The van der Waals surface area contributed by atoms with E-state index in [9.17, 15) is 12.8 Å². The van der Waals surface area contributed by atoms with Gasteiger partial charge in [0.05, 0.1) is 19.0 Å². The summed E-state index contributed by atoms with van der Waals surface area (Å²) >= 11 is 0. The fourth-order valence-corrected chi connectivity index (χ4v) is 3.28.